The molecule has 0 aliphatic carbocycles. The Hall–Kier alpha value is -2.60. The maximum atomic E-state index is 12.5. The van der Waals surface area contributed by atoms with E-state index < -0.39 is 17.7 Å². The Kier molecular flexibility index (Phi) is 8.39. The number of aromatic nitrogens is 1. The Bertz CT molecular complexity index is 1040. The van der Waals surface area contributed by atoms with E-state index in [-0.39, 0.29) is 11.5 Å². The van der Waals surface area contributed by atoms with E-state index in [1.807, 2.05) is 58.2 Å². The number of anilines is 1. The van der Waals surface area contributed by atoms with E-state index >= 15 is 0 Å². The van der Waals surface area contributed by atoms with Gasteiger partial charge in [0.2, 0.25) is 0 Å². The summed E-state index contributed by atoms with van der Waals surface area (Å²) in [7, 11) is 0. The van der Waals surface area contributed by atoms with E-state index in [0.717, 1.165) is 48.5 Å². The van der Waals surface area contributed by atoms with Gasteiger partial charge in [-0.25, -0.2) is 4.79 Å². The number of piperidine rings is 1. The number of nitrogens with zero attached hydrogens (tertiary/aromatic N) is 2. The quantitative estimate of drug-likeness (QED) is 0.422. The smallest absolute Gasteiger partial charge is 0.337 e. The molecule has 0 unspecified atom stereocenters. The average Bonchev–Trinajstić information content (AvgIpc) is 2.77. The number of carboxylic acids is 1. The summed E-state index contributed by atoms with van der Waals surface area (Å²) in [5, 5.41) is 10.3. The first-order valence-corrected chi connectivity index (χ1v) is 13.1. The highest BCUT2D eigenvalue weighted by molar-refractivity contribution is 5.86. The van der Waals surface area contributed by atoms with E-state index in [2.05, 4.69) is 44.5 Å². The second-order valence-corrected chi connectivity index (χ2v) is 12.2. The van der Waals surface area contributed by atoms with Gasteiger partial charge in [-0.15, -0.1) is 0 Å². The minimum atomic E-state index is -1.11. The molecule has 2 heterocycles. The second kappa shape index (κ2) is 10.8. The van der Waals surface area contributed by atoms with Crippen LogP contribution in [0.5, 0.6) is 5.75 Å². The van der Waals surface area contributed by atoms with Crippen molar-refractivity contribution in [2.75, 3.05) is 18.0 Å². The third kappa shape index (κ3) is 6.78. The standard InChI is InChI=1S/C30H44N2O4/c1-19(2)21(4)35-23-12-10-22(11-13-23)24-18-31-20(3)25(27(28(33)34)36-29(5,6)7)26(24)32-16-14-30(8,9)15-17-32/h10-13,18-19,21,27H,14-17H2,1-9H3,(H,33,34)/t21-,27-/m0/s1. The molecule has 0 saturated carbocycles. The summed E-state index contributed by atoms with van der Waals surface area (Å²) in [4.78, 5) is 19.5. The fourth-order valence-electron chi connectivity index (χ4n) is 4.46. The zero-order valence-corrected chi connectivity index (χ0v) is 23.5. The van der Waals surface area contributed by atoms with Crippen molar-refractivity contribution < 1.29 is 19.4 Å². The summed E-state index contributed by atoms with van der Waals surface area (Å²) in [6.45, 7) is 20.2. The highest BCUT2D eigenvalue weighted by atomic mass is 16.5. The molecule has 1 saturated heterocycles. The number of carbonyl (C=O) groups is 1. The molecule has 1 aliphatic rings. The van der Waals surface area contributed by atoms with Crippen LogP contribution in [0, 0.1) is 18.3 Å². The lowest BCUT2D eigenvalue weighted by molar-refractivity contribution is -0.160. The van der Waals surface area contributed by atoms with Gasteiger partial charge >= 0.3 is 5.97 Å². The monoisotopic (exact) mass is 496 g/mol. The molecule has 6 heteroatoms. The minimum absolute atomic E-state index is 0.113. The van der Waals surface area contributed by atoms with Gasteiger partial charge in [-0.05, 0) is 76.5 Å². The first-order chi connectivity index (χ1) is 16.7. The maximum absolute atomic E-state index is 12.5. The summed E-state index contributed by atoms with van der Waals surface area (Å²) in [6, 6.07) is 8.04. The minimum Gasteiger partial charge on any atom is -0.490 e. The molecule has 1 aromatic heterocycles. The van der Waals surface area contributed by atoms with Crippen molar-refractivity contribution in [2.24, 2.45) is 11.3 Å². The average molecular weight is 497 g/mol. The molecule has 1 aromatic carbocycles. The van der Waals surface area contributed by atoms with Gasteiger partial charge in [0.25, 0.3) is 0 Å². The number of carboxylic acid groups (broad SMARTS) is 1. The fraction of sp³-hybridized carbons (Fsp3) is 0.600. The van der Waals surface area contributed by atoms with Crippen LogP contribution in [-0.2, 0) is 9.53 Å². The van der Waals surface area contributed by atoms with E-state index in [0.29, 0.717) is 17.2 Å². The number of benzene rings is 1. The Balaban J connectivity index is 2.13. The molecule has 6 nitrogen and oxygen atoms in total. The second-order valence-electron chi connectivity index (χ2n) is 12.2. The van der Waals surface area contributed by atoms with Crippen molar-refractivity contribution >= 4 is 11.7 Å². The van der Waals surface area contributed by atoms with Gasteiger partial charge in [0.15, 0.2) is 6.10 Å². The van der Waals surface area contributed by atoms with Crippen molar-refractivity contribution in [2.45, 2.75) is 93.0 Å². The molecule has 198 valence electrons. The van der Waals surface area contributed by atoms with Crippen molar-refractivity contribution in [1.82, 2.24) is 4.98 Å². The molecule has 3 rings (SSSR count). The first-order valence-electron chi connectivity index (χ1n) is 13.1. The first kappa shape index (κ1) is 28.0. The third-order valence-corrected chi connectivity index (χ3v) is 7.10. The zero-order chi connectivity index (χ0) is 26.8. The Morgan fingerprint density at radius 1 is 1.08 bits per heavy atom. The zero-order valence-electron chi connectivity index (χ0n) is 23.5. The summed E-state index contributed by atoms with van der Waals surface area (Å²) in [5.41, 5.74) is 3.77. The molecular weight excluding hydrogens is 452 g/mol. The van der Waals surface area contributed by atoms with Crippen LogP contribution in [-0.4, -0.2) is 40.9 Å². The lowest BCUT2D eigenvalue weighted by Gasteiger charge is -2.41. The van der Waals surface area contributed by atoms with Crippen LogP contribution in [0.15, 0.2) is 30.5 Å². The van der Waals surface area contributed by atoms with Gasteiger partial charge < -0.3 is 19.5 Å². The van der Waals surface area contributed by atoms with Crippen LogP contribution >= 0.6 is 0 Å². The molecular formula is C30H44N2O4. The van der Waals surface area contributed by atoms with Gasteiger partial charge in [-0.1, -0.05) is 39.8 Å². The molecule has 1 aliphatic heterocycles. The van der Waals surface area contributed by atoms with Crippen LogP contribution < -0.4 is 9.64 Å². The van der Waals surface area contributed by atoms with Crippen molar-refractivity contribution in [1.29, 1.82) is 0 Å². The number of rotatable bonds is 8. The number of pyridine rings is 1. The van der Waals surface area contributed by atoms with Gasteiger partial charge in [0.05, 0.1) is 17.4 Å². The number of ether oxygens (including phenoxy) is 2. The normalized spacial score (nSPS) is 17.7. The highest BCUT2D eigenvalue weighted by Crippen LogP contribution is 2.43. The summed E-state index contributed by atoms with van der Waals surface area (Å²) in [5.74, 6) is 0.234. The SMILES string of the molecule is Cc1ncc(-c2ccc(O[C@@H](C)C(C)C)cc2)c(N2CCC(C)(C)CC2)c1[C@H](OC(C)(C)C)C(=O)O. The lowest BCUT2D eigenvalue weighted by atomic mass is 9.82. The van der Waals surface area contributed by atoms with Crippen LogP contribution in [0.3, 0.4) is 0 Å². The van der Waals surface area contributed by atoms with Crippen LogP contribution in [0.4, 0.5) is 5.69 Å². The van der Waals surface area contributed by atoms with E-state index in [9.17, 15) is 9.90 Å². The van der Waals surface area contributed by atoms with Crippen molar-refractivity contribution in [3.05, 3.63) is 41.7 Å². The highest BCUT2D eigenvalue weighted by Gasteiger charge is 2.35. The van der Waals surface area contributed by atoms with E-state index in [1.165, 1.54) is 0 Å². The van der Waals surface area contributed by atoms with Gasteiger partial charge in [0, 0.05) is 36.1 Å². The lowest BCUT2D eigenvalue weighted by Crippen LogP contribution is -2.39. The number of aryl methyl sites for hydroxylation is 1. The largest absolute Gasteiger partial charge is 0.490 e. The maximum Gasteiger partial charge on any atom is 0.337 e. The number of aliphatic carboxylic acids is 1. The molecule has 1 N–H and O–H groups in total. The molecule has 2 aromatic rings. The van der Waals surface area contributed by atoms with E-state index in [4.69, 9.17) is 9.47 Å². The van der Waals surface area contributed by atoms with Crippen LogP contribution in [0.1, 0.15) is 85.6 Å². The molecule has 0 spiro atoms. The summed E-state index contributed by atoms with van der Waals surface area (Å²) < 4.78 is 12.2. The van der Waals surface area contributed by atoms with Crippen LogP contribution in [0.25, 0.3) is 11.1 Å². The summed E-state index contributed by atoms with van der Waals surface area (Å²) >= 11 is 0. The van der Waals surface area contributed by atoms with Crippen molar-refractivity contribution in [3.8, 4) is 16.9 Å². The number of hydrogen-bond acceptors (Lipinski definition) is 5. The molecule has 0 radical (unpaired) electrons. The fourth-order valence-corrected chi connectivity index (χ4v) is 4.46. The molecule has 2 atom stereocenters. The Labute approximate surface area is 217 Å². The molecule has 0 bridgehead atoms. The van der Waals surface area contributed by atoms with Gasteiger partial charge in [0.1, 0.15) is 5.75 Å². The van der Waals surface area contributed by atoms with Crippen LogP contribution in [0.2, 0.25) is 0 Å². The van der Waals surface area contributed by atoms with E-state index in [1.54, 1.807) is 0 Å². The molecule has 0 amide bonds. The number of hydrogen-bond donors (Lipinski definition) is 1. The topological polar surface area (TPSA) is 71.9 Å². The Morgan fingerprint density at radius 2 is 1.67 bits per heavy atom. The van der Waals surface area contributed by atoms with Crippen molar-refractivity contribution in [3.63, 3.8) is 0 Å². The predicted molar refractivity (Wildman–Crippen MR) is 146 cm³/mol. The molecule has 36 heavy (non-hydrogen) atoms. The Morgan fingerprint density at radius 3 is 2.17 bits per heavy atom. The van der Waals surface area contributed by atoms with Gasteiger partial charge in [-0.3, -0.25) is 4.98 Å². The van der Waals surface area contributed by atoms with Gasteiger partial charge in [-0.2, -0.15) is 0 Å². The predicted octanol–water partition coefficient (Wildman–Crippen LogP) is 7.05. The summed E-state index contributed by atoms with van der Waals surface area (Å²) in [6.07, 6.45) is 2.94. The third-order valence-electron chi connectivity index (χ3n) is 7.10. The molecule has 1 fully saturated rings.